The second-order valence-electron chi connectivity index (χ2n) is 6.69. The SMILES string of the molecule is COC(=O)c1cc(C2CC2)c(COCC2(F)CCNCC2)cc1F. The lowest BCUT2D eigenvalue weighted by Crippen LogP contribution is -2.41. The van der Waals surface area contributed by atoms with Gasteiger partial charge in [0.15, 0.2) is 0 Å². The van der Waals surface area contributed by atoms with Gasteiger partial charge in [0.25, 0.3) is 0 Å². The van der Waals surface area contributed by atoms with Crippen molar-refractivity contribution < 1.29 is 23.0 Å². The molecule has 1 aromatic rings. The Bertz CT molecular complexity index is 611. The predicted octanol–water partition coefficient (Wildman–Crippen LogP) is 3.10. The van der Waals surface area contributed by atoms with Gasteiger partial charge in [-0.1, -0.05) is 0 Å². The molecule has 1 aliphatic heterocycles. The first-order chi connectivity index (χ1) is 11.5. The van der Waals surface area contributed by atoms with Crippen LogP contribution in [0.25, 0.3) is 0 Å². The van der Waals surface area contributed by atoms with Crippen LogP contribution >= 0.6 is 0 Å². The van der Waals surface area contributed by atoms with Crippen LogP contribution in [0.4, 0.5) is 8.78 Å². The zero-order valence-corrected chi connectivity index (χ0v) is 13.9. The fraction of sp³-hybridized carbons (Fsp3) is 0.611. The van der Waals surface area contributed by atoms with Crippen LogP contribution in [0.1, 0.15) is 53.1 Å². The standard InChI is InChI=1S/C18H23F2NO3/c1-23-17(22)15-9-14(12-2-3-12)13(8-16(15)19)10-24-11-18(20)4-6-21-7-5-18/h8-9,12,21H,2-7,10-11H2,1H3. The first-order valence-electron chi connectivity index (χ1n) is 8.40. The topological polar surface area (TPSA) is 47.6 Å². The minimum absolute atomic E-state index is 0.0131. The molecule has 0 aromatic heterocycles. The summed E-state index contributed by atoms with van der Waals surface area (Å²) in [7, 11) is 1.23. The monoisotopic (exact) mass is 339 g/mol. The Kier molecular flexibility index (Phi) is 5.15. The van der Waals surface area contributed by atoms with Gasteiger partial charge in [-0.2, -0.15) is 0 Å². The van der Waals surface area contributed by atoms with E-state index in [9.17, 15) is 13.6 Å². The Morgan fingerprint density at radius 1 is 1.33 bits per heavy atom. The lowest BCUT2D eigenvalue weighted by Gasteiger charge is -2.29. The highest BCUT2D eigenvalue weighted by Gasteiger charge is 2.33. The molecule has 0 spiro atoms. The maximum Gasteiger partial charge on any atom is 0.340 e. The second-order valence-corrected chi connectivity index (χ2v) is 6.69. The van der Waals surface area contributed by atoms with Gasteiger partial charge in [-0.05, 0) is 68.0 Å². The molecule has 2 fully saturated rings. The largest absolute Gasteiger partial charge is 0.465 e. The molecule has 132 valence electrons. The number of esters is 1. The van der Waals surface area contributed by atoms with E-state index in [1.807, 2.05) is 0 Å². The maximum absolute atomic E-state index is 14.5. The summed E-state index contributed by atoms with van der Waals surface area (Å²) < 4.78 is 38.9. The molecule has 0 unspecified atom stereocenters. The molecule has 24 heavy (non-hydrogen) atoms. The summed E-state index contributed by atoms with van der Waals surface area (Å²) in [6.45, 7) is 1.47. The lowest BCUT2D eigenvalue weighted by atomic mass is 9.95. The minimum Gasteiger partial charge on any atom is -0.465 e. The molecule has 0 amide bonds. The molecule has 1 saturated heterocycles. The molecule has 2 aliphatic rings. The van der Waals surface area contributed by atoms with Crippen molar-refractivity contribution in [3.8, 4) is 0 Å². The molecule has 1 saturated carbocycles. The van der Waals surface area contributed by atoms with Gasteiger partial charge in [0, 0.05) is 0 Å². The average Bonchev–Trinajstić information content (AvgIpc) is 3.40. The highest BCUT2D eigenvalue weighted by Crippen LogP contribution is 2.42. The van der Waals surface area contributed by atoms with Crippen LogP contribution in [-0.2, 0) is 16.1 Å². The molecular weight excluding hydrogens is 316 g/mol. The number of methoxy groups -OCH3 is 1. The molecule has 1 aliphatic carbocycles. The van der Waals surface area contributed by atoms with E-state index in [0.717, 1.165) is 18.4 Å². The molecule has 0 radical (unpaired) electrons. The Hall–Kier alpha value is -1.53. The fourth-order valence-electron chi connectivity index (χ4n) is 3.16. The molecule has 0 atom stereocenters. The molecule has 0 bridgehead atoms. The van der Waals surface area contributed by atoms with Crippen LogP contribution in [0, 0.1) is 5.82 Å². The number of carbonyl (C=O) groups excluding carboxylic acids is 1. The van der Waals surface area contributed by atoms with Crippen molar-refractivity contribution in [3.63, 3.8) is 0 Å². The summed E-state index contributed by atoms with van der Waals surface area (Å²) in [6.07, 6.45) is 2.88. The molecule has 6 heteroatoms. The van der Waals surface area contributed by atoms with Crippen molar-refractivity contribution in [2.45, 2.75) is 43.9 Å². The van der Waals surface area contributed by atoms with Gasteiger partial charge in [-0.3, -0.25) is 0 Å². The summed E-state index contributed by atoms with van der Waals surface area (Å²) in [5.74, 6) is -0.980. The van der Waals surface area contributed by atoms with Gasteiger partial charge in [-0.25, -0.2) is 13.6 Å². The van der Waals surface area contributed by atoms with Gasteiger partial charge in [0.2, 0.25) is 0 Å². The fourth-order valence-corrected chi connectivity index (χ4v) is 3.16. The number of alkyl halides is 1. The minimum atomic E-state index is -1.31. The first-order valence-corrected chi connectivity index (χ1v) is 8.40. The van der Waals surface area contributed by atoms with Crippen LogP contribution in [-0.4, -0.2) is 38.4 Å². The quantitative estimate of drug-likeness (QED) is 0.809. The molecule has 1 heterocycles. The lowest BCUT2D eigenvalue weighted by molar-refractivity contribution is -0.0109. The Balaban J connectivity index is 1.70. The summed E-state index contributed by atoms with van der Waals surface area (Å²) in [6, 6.07) is 2.89. The van der Waals surface area contributed by atoms with Crippen LogP contribution in [0.15, 0.2) is 12.1 Å². The zero-order chi connectivity index (χ0) is 17.2. The van der Waals surface area contributed by atoms with Crippen molar-refractivity contribution in [1.82, 2.24) is 5.32 Å². The number of hydrogen-bond acceptors (Lipinski definition) is 4. The third-order valence-electron chi connectivity index (χ3n) is 4.77. The number of halogens is 2. The summed E-state index contributed by atoms with van der Waals surface area (Å²) >= 11 is 0. The van der Waals surface area contributed by atoms with Crippen LogP contribution < -0.4 is 5.32 Å². The molecule has 1 N–H and O–H groups in total. The number of nitrogens with one attached hydrogen (secondary N) is 1. The number of benzene rings is 1. The Morgan fingerprint density at radius 3 is 2.67 bits per heavy atom. The first kappa shape index (κ1) is 17.3. The summed E-state index contributed by atoms with van der Waals surface area (Å²) in [5.41, 5.74) is 0.244. The van der Waals surface area contributed by atoms with Crippen molar-refractivity contribution in [1.29, 1.82) is 0 Å². The van der Waals surface area contributed by atoms with E-state index in [-0.39, 0.29) is 18.8 Å². The van der Waals surface area contributed by atoms with Gasteiger partial charge in [0.1, 0.15) is 11.5 Å². The van der Waals surface area contributed by atoms with Crippen LogP contribution in [0.2, 0.25) is 0 Å². The van der Waals surface area contributed by atoms with E-state index in [2.05, 4.69) is 10.1 Å². The van der Waals surface area contributed by atoms with Crippen LogP contribution in [0.5, 0.6) is 0 Å². The summed E-state index contributed by atoms with van der Waals surface area (Å²) in [4.78, 5) is 11.7. The van der Waals surface area contributed by atoms with Gasteiger partial charge < -0.3 is 14.8 Å². The zero-order valence-electron chi connectivity index (χ0n) is 13.9. The van der Waals surface area contributed by atoms with E-state index in [4.69, 9.17) is 4.74 Å². The molecular formula is C18H23F2NO3. The highest BCUT2D eigenvalue weighted by molar-refractivity contribution is 5.90. The normalized spacial score (nSPS) is 20.0. The number of ether oxygens (including phenoxy) is 2. The Morgan fingerprint density at radius 2 is 2.04 bits per heavy atom. The molecule has 1 aromatic carbocycles. The predicted molar refractivity (Wildman–Crippen MR) is 85.3 cm³/mol. The number of carbonyl (C=O) groups is 1. The van der Waals surface area contributed by atoms with Crippen molar-refractivity contribution >= 4 is 5.97 Å². The van der Waals surface area contributed by atoms with Crippen LogP contribution in [0.3, 0.4) is 0 Å². The van der Waals surface area contributed by atoms with E-state index in [0.29, 0.717) is 37.4 Å². The van der Waals surface area contributed by atoms with Gasteiger partial charge >= 0.3 is 5.97 Å². The number of hydrogen-bond donors (Lipinski definition) is 1. The molecule has 4 nitrogen and oxygen atoms in total. The van der Waals surface area contributed by atoms with Crippen molar-refractivity contribution in [2.75, 3.05) is 26.8 Å². The van der Waals surface area contributed by atoms with Crippen molar-refractivity contribution in [2.24, 2.45) is 0 Å². The highest BCUT2D eigenvalue weighted by atomic mass is 19.1. The third-order valence-corrected chi connectivity index (χ3v) is 4.77. The van der Waals surface area contributed by atoms with E-state index in [1.54, 1.807) is 6.07 Å². The average molecular weight is 339 g/mol. The third kappa shape index (κ3) is 3.92. The Labute approximate surface area is 140 Å². The van der Waals surface area contributed by atoms with Gasteiger partial charge in [-0.15, -0.1) is 0 Å². The smallest absolute Gasteiger partial charge is 0.340 e. The second kappa shape index (κ2) is 7.15. The summed E-state index contributed by atoms with van der Waals surface area (Å²) in [5, 5.41) is 3.12. The van der Waals surface area contributed by atoms with E-state index >= 15 is 0 Å². The molecule has 3 rings (SSSR count). The van der Waals surface area contributed by atoms with E-state index < -0.39 is 17.5 Å². The van der Waals surface area contributed by atoms with E-state index in [1.165, 1.54) is 13.2 Å². The van der Waals surface area contributed by atoms with Gasteiger partial charge in [0.05, 0.1) is 25.9 Å². The maximum atomic E-state index is 14.5. The van der Waals surface area contributed by atoms with Crippen molar-refractivity contribution in [3.05, 3.63) is 34.6 Å². The number of piperidine rings is 1. The number of rotatable bonds is 6.